The smallest absolute Gasteiger partial charge is 0.335 e. The lowest BCUT2D eigenvalue weighted by molar-refractivity contribution is 0.0697. The van der Waals surface area contributed by atoms with Gasteiger partial charge in [-0.1, -0.05) is 19.1 Å². The molecule has 0 spiro atoms. The van der Waals surface area contributed by atoms with Crippen LogP contribution in [0.25, 0.3) is 0 Å². The van der Waals surface area contributed by atoms with Gasteiger partial charge in [0, 0.05) is 13.1 Å². The second-order valence-electron chi connectivity index (χ2n) is 5.35. The van der Waals surface area contributed by atoms with E-state index in [4.69, 9.17) is 5.11 Å². The van der Waals surface area contributed by atoms with Crippen LogP contribution in [0.2, 0.25) is 0 Å². The Bertz CT molecular complexity index is 478. The zero-order valence-corrected chi connectivity index (χ0v) is 10.9. The van der Waals surface area contributed by atoms with Gasteiger partial charge >= 0.3 is 12.0 Å². The predicted molar refractivity (Wildman–Crippen MR) is 71.0 cm³/mol. The van der Waals surface area contributed by atoms with Crippen molar-refractivity contribution in [3.05, 3.63) is 35.4 Å². The summed E-state index contributed by atoms with van der Waals surface area (Å²) >= 11 is 0. The third kappa shape index (κ3) is 3.98. The third-order valence-electron chi connectivity index (χ3n) is 3.43. The van der Waals surface area contributed by atoms with Crippen molar-refractivity contribution in [2.24, 2.45) is 5.41 Å². The predicted octanol–water partition coefficient (Wildman–Crippen LogP) is 1.98. The van der Waals surface area contributed by atoms with Gasteiger partial charge in [0.05, 0.1) is 5.56 Å². The van der Waals surface area contributed by atoms with E-state index in [2.05, 4.69) is 17.6 Å². The molecule has 2 rings (SSSR count). The third-order valence-corrected chi connectivity index (χ3v) is 3.43. The van der Waals surface area contributed by atoms with Crippen LogP contribution in [-0.2, 0) is 6.54 Å². The average Bonchev–Trinajstić information content (AvgIpc) is 3.13. The Hall–Kier alpha value is -2.04. The van der Waals surface area contributed by atoms with Gasteiger partial charge in [0.2, 0.25) is 0 Å². The molecule has 0 aromatic heterocycles. The number of hydrogen-bond donors (Lipinski definition) is 3. The second kappa shape index (κ2) is 5.30. The van der Waals surface area contributed by atoms with Crippen molar-refractivity contribution < 1.29 is 14.7 Å². The summed E-state index contributed by atoms with van der Waals surface area (Å²) in [6.07, 6.45) is 2.34. The Labute approximate surface area is 112 Å². The lowest BCUT2D eigenvalue weighted by Gasteiger charge is -2.11. The van der Waals surface area contributed by atoms with Crippen molar-refractivity contribution >= 4 is 12.0 Å². The fourth-order valence-corrected chi connectivity index (χ4v) is 1.69. The Morgan fingerprint density at radius 3 is 2.37 bits per heavy atom. The topological polar surface area (TPSA) is 78.4 Å². The van der Waals surface area contributed by atoms with E-state index >= 15 is 0 Å². The van der Waals surface area contributed by atoms with Gasteiger partial charge in [-0.25, -0.2) is 9.59 Å². The number of carboxylic acids is 1. The average molecular weight is 262 g/mol. The van der Waals surface area contributed by atoms with Crippen LogP contribution in [0, 0.1) is 5.41 Å². The van der Waals surface area contributed by atoms with Crippen LogP contribution in [0.4, 0.5) is 4.79 Å². The highest BCUT2D eigenvalue weighted by atomic mass is 16.4. The van der Waals surface area contributed by atoms with Crippen molar-refractivity contribution in [3.63, 3.8) is 0 Å². The summed E-state index contributed by atoms with van der Waals surface area (Å²) in [5.74, 6) is -0.949. The van der Waals surface area contributed by atoms with E-state index in [1.54, 1.807) is 12.1 Å². The summed E-state index contributed by atoms with van der Waals surface area (Å²) in [7, 11) is 0. The molecular formula is C14H18N2O3. The minimum atomic E-state index is -0.949. The molecule has 1 aromatic carbocycles. The minimum absolute atomic E-state index is 0.185. The van der Waals surface area contributed by atoms with Crippen molar-refractivity contribution in [2.45, 2.75) is 26.3 Å². The number of rotatable bonds is 5. The van der Waals surface area contributed by atoms with Crippen molar-refractivity contribution in [1.29, 1.82) is 0 Å². The normalized spacial score (nSPS) is 15.6. The minimum Gasteiger partial charge on any atom is -0.478 e. The Morgan fingerprint density at radius 1 is 1.21 bits per heavy atom. The first-order valence-electron chi connectivity index (χ1n) is 6.32. The number of hydrogen-bond acceptors (Lipinski definition) is 2. The molecule has 0 atom stereocenters. The highest BCUT2D eigenvalue weighted by Crippen LogP contribution is 2.43. The molecule has 1 aliphatic carbocycles. The molecule has 1 aliphatic rings. The van der Waals surface area contributed by atoms with E-state index in [0.29, 0.717) is 18.5 Å². The maximum absolute atomic E-state index is 11.5. The molecule has 19 heavy (non-hydrogen) atoms. The van der Waals surface area contributed by atoms with E-state index in [0.717, 1.165) is 5.56 Å². The number of carboxylic acid groups (broad SMARTS) is 1. The molecule has 0 heterocycles. The summed E-state index contributed by atoms with van der Waals surface area (Å²) in [5.41, 5.74) is 1.41. The summed E-state index contributed by atoms with van der Waals surface area (Å²) in [6.45, 7) is 3.25. The Kier molecular flexibility index (Phi) is 3.74. The van der Waals surface area contributed by atoms with Crippen LogP contribution in [0.5, 0.6) is 0 Å². The molecule has 102 valence electrons. The number of amides is 2. The molecule has 0 unspecified atom stereocenters. The molecule has 5 nitrogen and oxygen atoms in total. The van der Waals surface area contributed by atoms with Gasteiger partial charge in [0.15, 0.2) is 0 Å². The molecule has 0 radical (unpaired) electrons. The second-order valence-corrected chi connectivity index (χ2v) is 5.35. The zero-order valence-electron chi connectivity index (χ0n) is 10.9. The summed E-state index contributed by atoms with van der Waals surface area (Å²) in [6, 6.07) is 6.28. The van der Waals surface area contributed by atoms with E-state index in [1.165, 1.54) is 25.0 Å². The van der Waals surface area contributed by atoms with Crippen molar-refractivity contribution in [2.75, 3.05) is 6.54 Å². The number of carbonyl (C=O) groups is 2. The van der Waals surface area contributed by atoms with Gasteiger partial charge in [0.25, 0.3) is 0 Å². The SMILES string of the molecule is CC1(CNC(=O)NCc2ccc(C(=O)O)cc2)CC1. The number of carbonyl (C=O) groups excluding carboxylic acids is 1. The first kappa shape index (κ1) is 13.4. The van der Waals surface area contributed by atoms with E-state index in [-0.39, 0.29) is 11.6 Å². The quantitative estimate of drug-likeness (QED) is 0.759. The van der Waals surface area contributed by atoms with Crippen LogP contribution < -0.4 is 10.6 Å². The number of urea groups is 1. The number of aromatic carboxylic acids is 1. The van der Waals surface area contributed by atoms with Gasteiger partial charge in [-0.2, -0.15) is 0 Å². The van der Waals surface area contributed by atoms with Gasteiger partial charge in [0.1, 0.15) is 0 Å². The number of benzene rings is 1. The van der Waals surface area contributed by atoms with Gasteiger partial charge in [-0.15, -0.1) is 0 Å². The zero-order chi connectivity index (χ0) is 13.9. The lowest BCUT2D eigenvalue weighted by atomic mass is 10.1. The summed E-state index contributed by atoms with van der Waals surface area (Å²) in [4.78, 5) is 22.2. The van der Waals surface area contributed by atoms with E-state index in [9.17, 15) is 9.59 Å². The van der Waals surface area contributed by atoms with Crippen LogP contribution in [-0.4, -0.2) is 23.7 Å². The van der Waals surface area contributed by atoms with Gasteiger partial charge in [-0.05, 0) is 36.0 Å². The monoisotopic (exact) mass is 262 g/mol. The van der Waals surface area contributed by atoms with E-state index in [1.807, 2.05) is 0 Å². The standard InChI is InChI=1S/C14H18N2O3/c1-14(6-7-14)9-16-13(19)15-8-10-2-4-11(5-3-10)12(17)18/h2-5H,6-9H2,1H3,(H,17,18)(H2,15,16,19). The molecule has 0 aliphatic heterocycles. The lowest BCUT2D eigenvalue weighted by Crippen LogP contribution is -2.37. The molecular weight excluding hydrogens is 244 g/mol. The fourth-order valence-electron chi connectivity index (χ4n) is 1.69. The Balaban J connectivity index is 1.75. The van der Waals surface area contributed by atoms with Gasteiger partial charge < -0.3 is 15.7 Å². The molecule has 1 aromatic rings. The maximum Gasteiger partial charge on any atom is 0.335 e. The summed E-state index contributed by atoms with van der Waals surface area (Å²) in [5, 5.41) is 14.4. The molecule has 0 bridgehead atoms. The van der Waals surface area contributed by atoms with Gasteiger partial charge in [-0.3, -0.25) is 0 Å². The fraction of sp³-hybridized carbons (Fsp3) is 0.429. The van der Waals surface area contributed by atoms with Crippen LogP contribution in [0.3, 0.4) is 0 Å². The highest BCUT2D eigenvalue weighted by Gasteiger charge is 2.37. The molecule has 5 heteroatoms. The van der Waals surface area contributed by atoms with Crippen molar-refractivity contribution in [3.8, 4) is 0 Å². The Morgan fingerprint density at radius 2 is 1.84 bits per heavy atom. The van der Waals surface area contributed by atoms with E-state index < -0.39 is 5.97 Å². The highest BCUT2D eigenvalue weighted by molar-refractivity contribution is 5.87. The molecule has 3 N–H and O–H groups in total. The summed E-state index contributed by atoms with van der Waals surface area (Å²) < 4.78 is 0. The molecule has 2 amide bonds. The van der Waals surface area contributed by atoms with Crippen LogP contribution in [0.15, 0.2) is 24.3 Å². The molecule has 1 saturated carbocycles. The van der Waals surface area contributed by atoms with Crippen LogP contribution >= 0.6 is 0 Å². The first-order chi connectivity index (χ1) is 8.98. The van der Waals surface area contributed by atoms with Crippen molar-refractivity contribution in [1.82, 2.24) is 10.6 Å². The molecule has 1 fully saturated rings. The maximum atomic E-state index is 11.5. The number of nitrogens with one attached hydrogen (secondary N) is 2. The molecule has 0 saturated heterocycles. The van der Waals surface area contributed by atoms with Crippen LogP contribution in [0.1, 0.15) is 35.7 Å². The first-order valence-corrected chi connectivity index (χ1v) is 6.32. The largest absolute Gasteiger partial charge is 0.478 e.